The van der Waals surface area contributed by atoms with Gasteiger partial charge in [-0.25, -0.2) is 9.97 Å². The third-order valence-corrected chi connectivity index (χ3v) is 2.62. The average molecular weight is 261 g/mol. The summed E-state index contributed by atoms with van der Waals surface area (Å²) in [6.07, 6.45) is 4.95. The van der Waals surface area contributed by atoms with E-state index in [4.69, 9.17) is 21.6 Å². The van der Waals surface area contributed by atoms with Gasteiger partial charge in [0.05, 0.1) is 12.1 Å². The number of aromatic nitrogens is 2. The molecule has 1 heterocycles. The number of nitriles is 1. The molecule has 1 N–H and O–H groups in total. The number of methoxy groups -OCH3 is 1. The smallest absolute Gasteiger partial charge is 0.236 e. The Bertz CT molecular complexity index is 592. The van der Waals surface area contributed by atoms with E-state index >= 15 is 0 Å². The molecule has 0 atom stereocenters. The number of benzene rings is 1. The van der Waals surface area contributed by atoms with Crippen LogP contribution in [0, 0.1) is 11.5 Å². The molecule has 0 aliphatic heterocycles. The lowest BCUT2D eigenvalue weighted by atomic mass is 10.1. The highest BCUT2D eigenvalue weighted by Gasteiger charge is 2.06. The molecule has 90 valence electrons. The standard InChI is InChI=1S/C12H9ClN4O/c1-18-9-2-3-10(11(13)4-9)8-5-15-12(16-6-8)17-7-14/h2-6H,1H3,(H,15,16,17). The molecule has 0 radical (unpaired) electrons. The first-order chi connectivity index (χ1) is 8.74. The summed E-state index contributed by atoms with van der Waals surface area (Å²) in [5.41, 5.74) is 1.58. The average Bonchev–Trinajstić information content (AvgIpc) is 2.40. The lowest BCUT2D eigenvalue weighted by Gasteiger charge is -2.06. The first kappa shape index (κ1) is 12.1. The van der Waals surface area contributed by atoms with E-state index in [9.17, 15) is 0 Å². The largest absolute Gasteiger partial charge is 0.497 e. The van der Waals surface area contributed by atoms with Crippen LogP contribution in [0.25, 0.3) is 11.1 Å². The molecule has 0 fully saturated rings. The van der Waals surface area contributed by atoms with Crippen molar-refractivity contribution in [1.29, 1.82) is 5.26 Å². The van der Waals surface area contributed by atoms with Crippen LogP contribution in [0.2, 0.25) is 5.02 Å². The summed E-state index contributed by atoms with van der Waals surface area (Å²) in [5, 5.41) is 11.3. The highest BCUT2D eigenvalue weighted by atomic mass is 35.5. The lowest BCUT2D eigenvalue weighted by molar-refractivity contribution is 0.415. The molecule has 0 aliphatic rings. The molecule has 6 heteroatoms. The van der Waals surface area contributed by atoms with Crippen molar-refractivity contribution >= 4 is 17.5 Å². The molecular weight excluding hydrogens is 252 g/mol. The van der Waals surface area contributed by atoms with Crippen molar-refractivity contribution in [1.82, 2.24) is 9.97 Å². The highest BCUT2D eigenvalue weighted by molar-refractivity contribution is 6.33. The lowest BCUT2D eigenvalue weighted by Crippen LogP contribution is -1.95. The SMILES string of the molecule is COc1ccc(-c2cnc(NC#N)nc2)c(Cl)c1. The van der Waals surface area contributed by atoms with Gasteiger partial charge in [0.15, 0.2) is 6.19 Å². The van der Waals surface area contributed by atoms with Crippen LogP contribution in [0.5, 0.6) is 5.75 Å². The van der Waals surface area contributed by atoms with Crippen LogP contribution in [0.3, 0.4) is 0 Å². The van der Waals surface area contributed by atoms with Gasteiger partial charge in [-0.1, -0.05) is 11.6 Å². The quantitative estimate of drug-likeness (QED) is 0.679. The van der Waals surface area contributed by atoms with Crippen LogP contribution in [0.1, 0.15) is 0 Å². The molecule has 18 heavy (non-hydrogen) atoms. The summed E-state index contributed by atoms with van der Waals surface area (Å²) >= 11 is 6.14. The van der Waals surface area contributed by atoms with Gasteiger partial charge in [0.2, 0.25) is 5.95 Å². The zero-order valence-electron chi connectivity index (χ0n) is 9.51. The maximum Gasteiger partial charge on any atom is 0.236 e. The van der Waals surface area contributed by atoms with Crippen molar-refractivity contribution in [2.45, 2.75) is 0 Å². The minimum atomic E-state index is 0.255. The van der Waals surface area contributed by atoms with Gasteiger partial charge in [0, 0.05) is 23.5 Å². The Hall–Kier alpha value is -2.32. The summed E-state index contributed by atoms with van der Waals surface area (Å²) in [7, 11) is 1.58. The van der Waals surface area contributed by atoms with Crippen molar-refractivity contribution in [2.24, 2.45) is 0 Å². The summed E-state index contributed by atoms with van der Waals surface area (Å²) in [6.45, 7) is 0. The first-order valence-electron chi connectivity index (χ1n) is 5.05. The van der Waals surface area contributed by atoms with E-state index in [1.165, 1.54) is 0 Å². The van der Waals surface area contributed by atoms with E-state index in [-0.39, 0.29) is 5.95 Å². The second-order valence-electron chi connectivity index (χ2n) is 3.38. The third kappa shape index (κ3) is 2.50. The van der Waals surface area contributed by atoms with Crippen LogP contribution < -0.4 is 10.1 Å². The van der Waals surface area contributed by atoms with E-state index in [1.807, 2.05) is 12.1 Å². The number of halogens is 1. The predicted molar refractivity (Wildman–Crippen MR) is 68.3 cm³/mol. The summed E-state index contributed by atoms with van der Waals surface area (Å²) in [5.74, 6) is 0.943. The monoisotopic (exact) mass is 260 g/mol. The first-order valence-corrected chi connectivity index (χ1v) is 5.43. The number of anilines is 1. The number of hydrogen-bond acceptors (Lipinski definition) is 5. The fraction of sp³-hybridized carbons (Fsp3) is 0.0833. The van der Waals surface area contributed by atoms with Gasteiger partial charge in [-0.2, -0.15) is 5.26 Å². The molecule has 0 saturated heterocycles. The Morgan fingerprint density at radius 3 is 2.61 bits per heavy atom. The molecule has 2 aromatic rings. The van der Waals surface area contributed by atoms with Gasteiger partial charge in [0.1, 0.15) is 5.75 Å². The molecule has 1 aromatic heterocycles. The summed E-state index contributed by atoms with van der Waals surface area (Å²) in [4.78, 5) is 7.99. The third-order valence-electron chi connectivity index (χ3n) is 2.31. The number of nitrogens with one attached hydrogen (secondary N) is 1. The maximum absolute atomic E-state index is 8.43. The molecular formula is C12H9ClN4O. The van der Waals surface area contributed by atoms with Crippen molar-refractivity contribution < 1.29 is 4.74 Å². The minimum absolute atomic E-state index is 0.255. The Morgan fingerprint density at radius 2 is 2.06 bits per heavy atom. The van der Waals surface area contributed by atoms with E-state index in [0.717, 1.165) is 11.1 Å². The number of nitrogens with zero attached hydrogens (tertiary/aromatic N) is 3. The van der Waals surface area contributed by atoms with E-state index < -0.39 is 0 Å². The van der Waals surface area contributed by atoms with E-state index in [1.54, 1.807) is 31.8 Å². The van der Waals surface area contributed by atoms with E-state index in [0.29, 0.717) is 10.8 Å². The second kappa shape index (κ2) is 5.34. The molecule has 0 spiro atoms. The normalized spacial score (nSPS) is 9.61. The molecule has 0 unspecified atom stereocenters. The minimum Gasteiger partial charge on any atom is -0.497 e. The topological polar surface area (TPSA) is 70.8 Å². The van der Waals surface area contributed by atoms with Crippen molar-refractivity contribution in [3.8, 4) is 23.1 Å². The Morgan fingerprint density at radius 1 is 1.33 bits per heavy atom. The van der Waals surface area contributed by atoms with E-state index in [2.05, 4.69) is 15.3 Å². The molecule has 0 amide bonds. The van der Waals surface area contributed by atoms with Crippen molar-refractivity contribution in [2.75, 3.05) is 12.4 Å². The molecule has 0 saturated carbocycles. The van der Waals surface area contributed by atoms with Crippen LogP contribution >= 0.6 is 11.6 Å². The van der Waals surface area contributed by atoms with Crippen LogP contribution in [-0.4, -0.2) is 17.1 Å². The number of hydrogen-bond donors (Lipinski definition) is 1. The zero-order valence-corrected chi connectivity index (χ0v) is 10.3. The van der Waals surface area contributed by atoms with Gasteiger partial charge >= 0.3 is 0 Å². The molecule has 5 nitrogen and oxygen atoms in total. The molecule has 0 aliphatic carbocycles. The Balaban J connectivity index is 2.34. The van der Waals surface area contributed by atoms with Gasteiger partial charge in [0.25, 0.3) is 0 Å². The molecule has 0 bridgehead atoms. The van der Waals surface area contributed by atoms with Crippen LogP contribution in [0.4, 0.5) is 5.95 Å². The molecule has 2 rings (SSSR count). The zero-order chi connectivity index (χ0) is 13.0. The van der Waals surface area contributed by atoms with Crippen LogP contribution in [0.15, 0.2) is 30.6 Å². The van der Waals surface area contributed by atoms with Crippen LogP contribution in [-0.2, 0) is 0 Å². The predicted octanol–water partition coefficient (Wildman–Crippen LogP) is 2.70. The highest BCUT2D eigenvalue weighted by Crippen LogP contribution is 2.30. The number of rotatable bonds is 3. The Kier molecular flexibility index (Phi) is 3.60. The fourth-order valence-electron chi connectivity index (χ4n) is 1.44. The van der Waals surface area contributed by atoms with Gasteiger partial charge < -0.3 is 4.74 Å². The Labute approximate surface area is 109 Å². The maximum atomic E-state index is 8.43. The number of ether oxygens (including phenoxy) is 1. The second-order valence-corrected chi connectivity index (χ2v) is 3.79. The summed E-state index contributed by atoms with van der Waals surface area (Å²) < 4.78 is 5.08. The fourth-order valence-corrected chi connectivity index (χ4v) is 1.72. The van der Waals surface area contributed by atoms with Crippen molar-refractivity contribution in [3.05, 3.63) is 35.6 Å². The summed E-state index contributed by atoms with van der Waals surface area (Å²) in [6, 6.07) is 5.36. The van der Waals surface area contributed by atoms with Crippen molar-refractivity contribution in [3.63, 3.8) is 0 Å². The van der Waals surface area contributed by atoms with Gasteiger partial charge in [-0.05, 0) is 18.2 Å². The van der Waals surface area contributed by atoms with Gasteiger partial charge in [-0.3, -0.25) is 5.32 Å². The molecule has 1 aromatic carbocycles. The van der Waals surface area contributed by atoms with Gasteiger partial charge in [-0.15, -0.1) is 0 Å².